The molecule has 0 radical (unpaired) electrons. The molecule has 132 valence electrons. The Morgan fingerprint density at radius 1 is 1.20 bits per heavy atom. The molecule has 0 saturated heterocycles. The van der Waals surface area contributed by atoms with Crippen LogP contribution in [0.25, 0.3) is 0 Å². The summed E-state index contributed by atoms with van der Waals surface area (Å²) in [6.07, 6.45) is 6.20. The molecule has 0 spiro atoms. The highest BCUT2D eigenvalue weighted by molar-refractivity contribution is 7.13. The van der Waals surface area contributed by atoms with Crippen molar-refractivity contribution in [1.29, 1.82) is 0 Å². The second-order valence-corrected chi connectivity index (χ2v) is 7.10. The highest BCUT2D eigenvalue weighted by Crippen LogP contribution is 2.29. The Labute approximate surface area is 151 Å². The molecule has 5 nitrogen and oxygen atoms in total. The van der Waals surface area contributed by atoms with Gasteiger partial charge >= 0.3 is 5.97 Å². The van der Waals surface area contributed by atoms with Crippen molar-refractivity contribution < 1.29 is 14.3 Å². The Balaban J connectivity index is 1.74. The van der Waals surface area contributed by atoms with Gasteiger partial charge in [0.2, 0.25) is 0 Å². The Morgan fingerprint density at radius 3 is 2.56 bits per heavy atom. The zero-order valence-corrected chi connectivity index (χ0v) is 15.1. The molecule has 1 aromatic heterocycles. The van der Waals surface area contributed by atoms with Crippen molar-refractivity contribution in [2.24, 2.45) is 0 Å². The van der Waals surface area contributed by atoms with Crippen molar-refractivity contribution in [3.8, 4) is 0 Å². The van der Waals surface area contributed by atoms with E-state index in [1.165, 1.54) is 17.8 Å². The molecule has 1 fully saturated rings. The second kappa shape index (κ2) is 8.25. The van der Waals surface area contributed by atoms with Crippen molar-refractivity contribution in [3.05, 3.63) is 47.5 Å². The van der Waals surface area contributed by atoms with E-state index in [0.717, 1.165) is 25.7 Å². The van der Waals surface area contributed by atoms with Crippen molar-refractivity contribution >= 4 is 28.3 Å². The fourth-order valence-corrected chi connectivity index (χ4v) is 3.87. The van der Waals surface area contributed by atoms with E-state index >= 15 is 0 Å². The van der Waals surface area contributed by atoms with Crippen molar-refractivity contribution in [2.75, 3.05) is 4.90 Å². The third-order valence-corrected chi connectivity index (χ3v) is 5.21. The topological polar surface area (TPSA) is 59.5 Å². The lowest BCUT2D eigenvalue weighted by molar-refractivity contribution is -0.127. The highest BCUT2D eigenvalue weighted by Gasteiger charge is 2.33. The number of hydrogen-bond acceptors (Lipinski definition) is 5. The summed E-state index contributed by atoms with van der Waals surface area (Å²) in [4.78, 5) is 31.3. The molecule has 1 aliphatic rings. The number of carbonyl (C=O) groups is 2. The fourth-order valence-electron chi connectivity index (χ4n) is 3.15. The van der Waals surface area contributed by atoms with E-state index < -0.39 is 12.1 Å². The summed E-state index contributed by atoms with van der Waals surface area (Å²) in [5, 5.41) is 2.54. The Bertz CT molecular complexity index is 697. The summed E-state index contributed by atoms with van der Waals surface area (Å²) in [5.74, 6) is -0.685. The largest absolute Gasteiger partial charge is 0.449 e. The van der Waals surface area contributed by atoms with Crippen LogP contribution in [0.3, 0.4) is 0 Å². The molecule has 2 aromatic rings. The molecule has 1 heterocycles. The van der Waals surface area contributed by atoms with Crippen LogP contribution in [0, 0.1) is 0 Å². The zero-order valence-electron chi connectivity index (χ0n) is 14.3. The van der Waals surface area contributed by atoms with E-state index in [1.807, 2.05) is 11.4 Å². The van der Waals surface area contributed by atoms with Gasteiger partial charge in [-0.15, -0.1) is 11.3 Å². The number of esters is 1. The van der Waals surface area contributed by atoms with Gasteiger partial charge in [-0.25, -0.2) is 9.78 Å². The normalized spacial score (nSPS) is 16.2. The van der Waals surface area contributed by atoms with E-state index in [2.05, 4.69) is 4.98 Å². The molecule has 0 N–H and O–H groups in total. The molecule has 3 rings (SSSR count). The van der Waals surface area contributed by atoms with E-state index in [-0.39, 0.29) is 11.9 Å². The van der Waals surface area contributed by atoms with E-state index in [9.17, 15) is 9.59 Å². The number of benzene rings is 1. The number of nitrogens with zero attached hydrogens (tertiary/aromatic N) is 2. The molecule has 1 unspecified atom stereocenters. The number of amides is 1. The van der Waals surface area contributed by atoms with Gasteiger partial charge in [-0.2, -0.15) is 0 Å². The quantitative estimate of drug-likeness (QED) is 0.757. The summed E-state index contributed by atoms with van der Waals surface area (Å²) >= 11 is 1.44. The first kappa shape index (κ1) is 17.6. The minimum absolute atomic E-state index is 0.130. The van der Waals surface area contributed by atoms with Gasteiger partial charge in [-0.3, -0.25) is 9.69 Å². The molecular weight excluding hydrogens is 336 g/mol. The first-order valence-corrected chi connectivity index (χ1v) is 9.53. The highest BCUT2D eigenvalue weighted by atomic mass is 32.1. The maximum atomic E-state index is 13.0. The molecule has 25 heavy (non-hydrogen) atoms. The van der Waals surface area contributed by atoms with Gasteiger partial charge < -0.3 is 4.74 Å². The summed E-state index contributed by atoms with van der Waals surface area (Å²) in [6.45, 7) is 1.63. The minimum Gasteiger partial charge on any atom is -0.449 e. The van der Waals surface area contributed by atoms with Crippen LogP contribution in [0.1, 0.15) is 49.4 Å². The lowest BCUT2D eigenvalue weighted by Crippen LogP contribution is -2.47. The maximum absolute atomic E-state index is 13.0. The predicted molar refractivity (Wildman–Crippen MR) is 97.8 cm³/mol. The monoisotopic (exact) mass is 358 g/mol. The van der Waals surface area contributed by atoms with Crippen LogP contribution >= 0.6 is 11.3 Å². The van der Waals surface area contributed by atoms with Gasteiger partial charge in [0.05, 0.1) is 5.56 Å². The first-order valence-electron chi connectivity index (χ1n) is 8.65. The number of aromatic nitrogens is 1. The summed E-state index contributed by atoms with van der Waals surface area (Å²) in [5.41, 5.74) is 0.445. The van der Waals surface area contributed by atoms with Gasteiger partial charge in [0.15, 0.2) is 11.2 Å². The van der Waals surface area contributed by atoms with Crippen molar-refractivity contribution in [1.82, 2.24) is 4.98 Å². The van der Waals surface area contributed by atoms with Gasteiger partial charge in [-0.1, -0.05) is 37.5 Å². The Hall–Kier alpha value is -2.21. The summed E-state index contributed by atoms with van der Waals surface area (Å²) < 4.78 is 5.41. The number of hydrogen-bond donors (Lipinski definition) is 0. The number of anilines is 1. The Morgan fingerprint density at radius 2 is 1.92 bits per heavy atom. The lowest BCUT2D eigenvalue weighted by Gasteiger charge is -2.33. The third kappa shape index (κ3) is 4.25. The molecule has 0 bridgehead atoms. The maximum Gasteiger partial charge on any atom is 0.338 e. The minimum atomic E-state index is -0.849. The zero-order chi connectivity index (χ0) is 17.6. The van der Waals surface area contributed by atoms with Crippen molar-refractivity contribution in [2.45, 2.75) is 51.2 Å². The second-order valence-electron chi connectivity index (χ2n) is 6.23. The number of ether oxygens (including phenoxy) is 1. The van der Waals surface area contributed by atoms with Crippen LogP contribution in [0.4, 0.5) is 5.13 Å². The van der Waals surface area contributed by atoms with Crippen LogP contribution in [0.5, 0.6) is 0 Å². The van der Waals surface area contributed by atoms with Gasteiger partial charge in [0.25, 0.3) is 5.91 Å². The molecule has 1 saturated carbocycles. The van der Waals surface area contributed by atoms with Crippen LogP contribution < -0.4 is 4.90 Å². The number of thiazole rings is 1. The smallest absolute Gasteiger partial charge is 0.338 e. The van der Waals surface area contributed by atoms with Crippen LogP contribution in [-0.2, 0) is 9.53 Å². The average molecular weight is 358 g/mol. The molecule has 1 aliphatic carbocycles. The van der Waals surface area contributed by atoms with Gasteiger partial charge in [0.1, 0.15) is 0 Å². The third-order valence-electron chi connectivity index (χ3n) is 4.44. The Kier molecular flexibility index (Phi) is 5.81. The molecule has 1 atom stereocenters. The van der Waals surface area contributed by atoms with Crippen LogP contribution in [0.2, 0.25) is 0 Å². The summed E-state index contributed by atoms with van der Waals surface area (Å²) in [7, 11) is 0. The number of carbonyl (C=O) groups excluding carboxylic acids is 2. The van der Waals surface area contributed by atoms with Crippen LogP contribution in [-0.4, -0.2) is 29.0 Å². The lowest BCUT2D eigenvalue weighted by atomic mass is 9.94. The predicted octanol–water partition coefficient (Wildman–Crippen LogP) is 4.05. The van der Waals surface area contributed by atoms with Gasteiger partial charge in [0, 0.05) is 17.6 Å². The standard InChI is InChI=1S/C19H22N2O3S/c1-14(24-18(23)15-8-4-2-5-9-15)17(22)21(19-20-12-13-25-19)16-10-6-3-7-11-16/h2,4-5,8-9,12-14,16H,3,6-7,10-11H2,1H3. The number of rotatable bonds is 5. The summed E-state index contributed by atoms with van der Waals surface area (Å²) in [6, 6.07) is 8.86. The van der Waals surface area contributed by atoms with Gasteiger partial charge in [-0.05, 0) is 31.9 Å². The van der Waals surface area contributed by atoms with E-state index in [1.54, 1.807) is 42.3 Å². The molecule has 1 aromatic carbocycles. The van der Waals surface area contributed by atoms with Crippen LogP contribution in [0.15, 0.2) is 41.9 Å². The van der Waals surface area contributed by atoms with Crippen molar-refractivity contribution in [3.63, 3.8) is 0 Å². The SMILES string of the molecule is CC(OC(=O)c1ccccc1)C(=O)N(c1nccs1)C1CCCCC1. The molecule has 6 heteroatoms. The molecule has 1 amide bonds. The fraction of sp³-hybridized carbons (Fsp3) is 0.421. The average Bonchev–Trinajstić information content (AvgIpc) is 3.17. The molecule has 0 aliphatic heterocycles. The van der Waals surface area contributed by atoms with E-state index in [4.69, 9.17) is 4.74 Å². The first-order chi connectivity index (χ1) is 12.2. The molecular formula is C19H22N2O3S. The van der Waals surface area contributed by atoms with E-state index in [0.29, 0.717) is 10.7 Å².